The quantitative estimate of drug-likeness (QED) is 0.608. The number of rotatable bonds is 6. The Labute approximate surface area is 166 Å². The van der Waals surface area contributed by atoms with Crippen LogP contribution in [0.3, 0.4) is 0 Å². The fourth-order valence-electron chi connectivity index (χ4n) is 2.72. The topological polar surface area (TPSA) is 68.3 Å². The predicted octanol–water partition coefficient (Wildman–Crippen LogP) is 5.28. The minimum Gasteiger partial charge on any atom is -0.497 e. The molecule has 3 aromatic rings. The van der Waals surface area contributed by atoms with Crippen molar-refractivity contribution in [3.05, 3.63) is 60.3 Å². The molecule has 3 rings (SSSR count). The Morgan fingerprint density at radius 3 is 2.25 bits per heavy atom. The Balaban J connectivity index is 1.78. The van der Waals surface area contributed by atoms with Crippen LogP contribution in [0.1, 0.15) is 26.3 Å². The van der Waals surface area contributed by atoms with E-state index in [1.807, 2.05) is 30.3 Å². The van der Waals surface area contributed by atoms with E-state index >= 15 is 0 Å². The van der Waals surface area contributed by atoms with Crippen LogP contribution in [0, 0.1) is 0 Å². The summed E-state index contributed by atoms with van der Waals surface area (Å²) >= 11 is 0. The van der Waals surface area contributed by atoms with Crippen molar-refractivity contribution in [1.29, 1.82) is 0 Å². The number of benzene rings is 2. The molecule has 2 N–H and O–H groups in total. The fraction of sp³-hybridized carbons (Fsp3) is 0.273. The van der Waals surface area contributed by atoms with E-state index in [-0.39, 0.29) is 5.41 Å². The predicted molar refractivity (Wildman–Crippen MR) is 113 cm³/mol. The van der Waals surface area contributed by atoms with Gasteiger partial charge in [-0.25, -0.2) is 4.98 Å². The number of methoxy groups -OCH3 is 2. The molecule has 0 spiro atoms. The van der Waals surface area contributed by atoms with Crippen LogP contribution in [0.4, 0.5) is 23.1 Å². The van der Waals surface area contributed by atoms with Gasteiger partial charge in [0.2, 0.25) is 5.95 Å². The Hall–Kier alpha value is -3.28. The number of ether oxygens (including phenoxy) is 2. The van der Waals surface area contributed by atoms with Crippen LogP contribution in [0.5, 0.6) is 11.5 Å². The molecule has 1 heterocycles. The molecular formula is C22H26N4O2. The smallest absolute Gasteiger partial charge is 0.229 e. The van der Waals surface area contributed by atoms with Crippen molar-refractivity contribution in [2.45, 2.75) is 26.2 Å². The molecule has 0 amide bonds. The van der Waals surface area contributed by atoms with Crippen molar-refractivity contribution >= 4 is 23.1 Å². The van der Waals surface area contributed by atoms with E-state index in [0.29, 0.717) is 17.5 Å². The first-order valence-electron chi connectivity index (χ1n) is 9.09. The summed E-state index contributed by atoms with van der Waals surface area (Å²) in [6.07, 6.45) is 1.70. The summed E-state index contributed by atoms with van der Waals surface area (Å²) in [5, 5.41) is 6.50. The molecule has 0 aliphatic carbocycles. The molecule has 146 valence electrons. The van der Waals surface area contributed by atoms with Gasteiger partial charge in [0, 0.05) is 18.0 Å². The first kappa shape index (κ1) is 19.5. The second kappa shape index (κ2) is 8.17. The van der Waals surface area contributed by atoms with Crippen molar-refractivity contribution < 1.29 is 9.47 Å². The summed E-state index contributed by atoms with van der Waals surface area (Å²) in [5.41, 5.74) is 3.10. The number of hydrogen-bond donors (Lipinski definition) is 2. The molecule has 0 bridgehead atoms. The summed E-state index contributed by atoms with van der Waals surface area (Å²) in [6, 6.07) is 15.7. The van der Waals surface area contributed by atoms with Gasteiger partial charge in [-0.05, 0) is 41.3 Å². The lowest BCUT2D eigenvalue weighted by molar-refractivity contribution is 0.405. The average molecular weight is 378 g/mol. The molecule has 2 aromatic carbocycles. The monoisotopic (exact) mass is 378 g/mol. The zero-order valence-electron chi connectivity index (χ0n) is 16.9. The summed E-state index contributed by atoms with van der Waals surface area (Å²) < 4.78 is 10.7. The second-order valence-corrected chi connectivity index (χ2v) is 7.41. The van der Waals surface area contributed by atoms with Gasteiger partial charge in [-0.2, -0.15) is 4.98 Å². The first-order chi connectivity index (χ1) is 13.4. The molecular weight excluding hydrogens is 352 g/mol. The number of anilines is 4. The minimum absolute atomic E-state index is 0.120. The van der Waals surface area contributed by atoms with Crippen molar-refractivity contribution in [2.24, 2.45) is 0 Å². The van der Waals surface area contributed by atoms with Crippen LogP contribution in [0.2, 0.25) is 0 Å². The van der Waals surface area contributed by atoms with Gasteiger partial charge >= 0.3 is 0 Å². The van der Waals surface area contributed by atoms with Crippen molar-refractivity contribution in [3.8, 4) is 11.5 Å². The van der Waals surface area contributed by atoms with Crippen molar-refractivity contribution in [2.75, 3.05) is 24.9 Å². The zero-order valence-corrected chi connectivity index (χ0v) is 16.9. The lowest BCUT2D eigenvalue weighted by atomic mass is 9.87. The fourth-order valence-corrected chi connectivity index (χ4v) is 2.72. The van der Waals surface area contributed by atoms with Crippen LogP contribution in [-0.4, -0.2) is 24.2 Å². The van der Waals surface area contributed by atoms with Crippen LogP contribution >= 0.6 is 0 Å². The minimum atomic E-state index is 0.120. The number of aromatic nitrogens is 2. The van der Waals surface area contributed by atoms with Gasteiger partial charge in [0.1, 0.15) is 17.3 Å². The number of hydrogen-bond acceptors (Lipinski definition) is 6. The first-order valence-corrected chi connectivity index (χ1v) is 9.09. The van der Waals surface area contributed by atoms with E-state index in [0.717, 1.165) is 17.1 Å². The third-order valence-corrected chi connectivity index (χ3v) is 4.33. The standard InChI is InChI=1S/C22H26N4O2/c1-22(2,3)15-6-8-16(9-7-15)24-21-23-13-12-20(26-21)25-18-14-17(27-4)10-11-19(18)28-5/h6-14H,1-5H3,(H2,23,24,25,26). The molecule has 0 radical (unpaired) electrons. The highest BCUT2D eigenvalue weighted by atomic mass is 16.5. The Kier molecular flexibility index (Phi) is 5.68. The lowest BCUT2D eigenvalue weighted by Gasteiger charge is -2.19. The molecule has 0 atom stereocenters. The number of nitrogens with zero attached hydrogens (tertiary/aromatic N) is 2. The largest absolute Gasteiger partial charge is 0.497 e. The van der Waals surface area contributed by atoms with E-state index in [1.165, 1.54) is 5.56 Å². The second-order valence-electron chi connectivity index (χ2n) is 7.41. The third-order valence-electron chi connectivity index (χ3n) is 4.33. The van der Waals surface area contributed by atoms with Gasteiger partial charge in [-0.3, -0.25) is 0 Å². The molecule has 0 unspecified atom stereocenters. The maximum atomic E-state index is 5.40. The van der Waals surface area contributed by atoms with Gasteiger partial charge in [0.05, 0.1) is 19.9 Å². The van der Waals surface area contributed by atoms with E-state index in [2.05, 4.69) is 53.5 Å². The van der Waals surface area contributed by atoms with Crippen LogP contribution in [0.25, 0.3) is 0 Å². The molecule has 0 aliphatic rings. The Morgan fingerprint density at radius 2 is 1.61 bits per heavy atom. The molecule has 0 saturated heterocycles. The van der Waals surface area contributed by atoms with Crippen LogP contribution in [0.15, 0.2) is 54.7 Å². The zero-order chi connectivity index (χ0) is 20.1. The van der Waals surface area contributed by atoms with Crippen molar-refractivity contribution in [1.82, 2.24) is 9.97 Å². The highest BCUT2D eigenvalue weighted by Crippen LogP contribution is 2.31. The molecule has 6 heteroatoms. The van der Waals surface area contributed by atoms with E-state index in [4.69, 9.17) is 9.47 Å². The van der Waals surface area contributed by atoms with Crippen LogP contribution in [-0.2, 0) is 5.41 Å². The van der Waals surface area contributed by atoms with E-state index < -0.39 is 0 Å². The maximum absolute atomic E-state index is 5.40. The summed E-state index contributed by atoms with van der Waals surface area (Å²) in [7, 11) is 3.25. The van der Waals surface area contributed by atoms with Gasteiger partial charge in [0.15, 0.2) is 0 Å². The van der Waals surface area contributed by atoms with Gasteiger partial charge in [-0.15, -0.1) is 0 Å². The molecule has 28 heavy (non-hydrogen) atoms. The highest BCUT2D eigenvalue weighted by molar-refractivity contribution is 5.67. The summed E-state index contributed by atoms with van der Waals surface area (Å²) in [5.74, 6) is 2.59. The molecule has 1 aromatic heterocycles. The highest BCUT2D eigenvalue weighted by Gasteiger charge is 2.13. The SMILES string of the molecule is COc1ccc(OC)c(Nc2ccnc(Nc3ccc(C(C)(C)C)cc3)n2)c1. The van der Waals surface area contributed by atoms with E-state index in [9.17, 15) is 0 Å². The molecule has 0 saturated carbocycles. The van der Waals surface area contributed by atoms with Crippen LogP contribution < -0.4 is 20.1 Å². The normalized spacial score (nSPS) is 11.0. The van der Waals surface area contributed by atoms with E-state index in [1.54, 1.807) is 26.5 Å². The molecule has 0 aliphatic heterocycles. The van der Waals surface area contributed by atoms with Gasteiger partial charge < -0.3 is 20.1 Å². The maximum Gasteiger partial charge on any atom is 0.229 e. The molecule has 0 fully saturated rings. The summed E-state index contributed by atoms with van der Waals surface area (Å²) in [6.45, 7) is 6.58. The van der Waals surface area contributed by atoms with Crippen molar-refractivity contribution in [3.63, 3.8) is 0 Å². The Bertz CT molecular complexity index is 934. The summed E-state index contributed by atoms with van der Waals surface area (Å²) in [4.78, 5) is 8.84. The average Bonchev–Trinajstić information content (AvgIpc) is 2.68. The number of nitrogens with one attached hydrogen (secondary N) is 2. The molecule has 6 nitrogen and oxygen atoms in total. The lowest BCUT2D eigenvalue weighted by Crippen LogP contribution is -2.10. The Morgan fingerprint density at radius 1 is 0.857 bits per heavy atom. The third kappa shape index (κ3) is 4.71. The van der Waals surface area contributed by atoms with Gasteiger partial charge in [-0.1, -0.05) is 32.9 Å². The van der Waals surface area contributed by atoms with Gasteiger partial charge in [0.25, 0.3) is 0 Å².